The maximum atomic E-state index is 12.7. The van der Waals surface area contributed by atoms with E-state index in [2.05, 4.69) is 10.6 Å². The molecule has 11 heteroatoms. The predicted molar refractivity (Wildman–Crippen MR) is 97.0 cm³/mol. The summed E-state index contributed by atoms with van der Waals surface area (Å²) in [6.07, 6.45) is 0.0527. The zero-order valence-corrected chi connectivity index (χ0v) is 16.2. The molecule has 0 aromatic heterocycles. The Labute approximate surface area is 162 Å². The van der Waals surface area contributed by atoms with Crippen LogP contribution in [-0.4, -0.2) is 75.5 Å². The van der Waals surface area contributed by atoms with E-state index in [1.165, 1.54) is 11.8 Å². The SMILES string of the molecule is CC(NC(=O)C(N)C(C)C)C(=O)N1CCCC1C(=O)NC(CC(=O)O)C(=O)O. The Balaban J connectivity index is 2.78. The van der Waals surface area contributed by atoms with Crippen LogP contribution in [0.2, 0.25) is 0 Å². The molecule has 11 nitrogen and oxygen atoms in total. The highest BCUT2D eigenvalue weighted by Crippen LogP contribution is 2.19. The quantitative estimate of drug-likeness (QED) is 0.310. The van der Waals surface area contributed by atoms with E-state index in [0.717, 1.165) is 0 Å². The molecule has 3 amide bonds. The number of hydrogen-bond donors (Lipinski definition) is 5. The number of carbonyl (C=O) groups is 5. The van der Waals surface area contributed by atoms with Crippen LogP contribution in [0, 0.1) is 5.92 Å². The van der Waals surface area contributed by atoms with Gasteiger partial charge in [0.1, 0.15) is 18.1 Å². The summed E-state index contributed by atoms with van der Waals surface area (Å²) in [7, 11) is 0. The molecule has 6 N–H and O–H groups in total. The molecule has 1 saturated heterocycles. The van der Waals surface area contributed by atoms with Gasteiger partial charge in [-0.1, -0.05) is 13.8 Å². The topological polar surface area (TPSA) is 179 Å². The zero-order chi connectivity index (χ0) is 21.6. The van der Waals surface area contributed by atoms with E-state index >= 15 is 0 Å². The summed E-state index contributed by atoms with van der Waals surface area (Å²) >= 11 is 0. The van der Waals surface area contributed by atoms with E-state index < -0.39 is 60.2 Å². The Morgan fingerprint density at radius 1 is 1.11 bits per heavy atom. The van der Waals surface area contributed by atoms with Gasteiger partial charge in [0.15, 0.2) is 0 Å². The van der Waals surface area contributed by atoms with Crippen LogP contribution in [0.4, 0.5) is 0 Å². The molecule has 0 saturated carbocycles. The van der Waals surface area contributed by atoms with Gasteiger partial charge in [-0.05, 0) is 25.7 Å². The number of carbonyl (C=O) groups excluding carboxylic acids is 3. The van der Waals surface area contributed by atoms with E-state index in [-0.39, 0.29) is 12.5 Å². The van der Waals surface area contributed by atoms with Gasteiger partial charge in [-0.2, -0.15) is 0 Å². The third-order valence-corrected chi connectivity index (χ3v) is 4.58. The Kier molecular flexibility index (Phi) is 8.35. The molecule has 1 rings (SSSR count). The number of hydrogen-bond acceptors (Lipinski definition) is 6. The average Bonchev–Trinajstić information content (AvgIpc) is 3.08. The van der Waals surface area contributed by atoms with Crippen LogP contribution >= 0.6 is 0 Å². The Hall–Kier alpha value is -2.69. The molecule has 1 heterocycles. The molecule has 0 radical (unpaired) electrons. The summed E-state index contributed by atoms with van der Waals surface area (Å²) in [5.41, 5.74) is 5.76. The zero-order valence-electron chi connectivity index (χ0n) is 16.2. The first-order valence-corrected chi connectivity index (χ1v) is 9.07. The van der Waals surface area contributed by atoms with Gasteiger partial charge in [0.25, 0.3) is 0 Å². The van der Waals surface area contributed by atoms with Gasteiger partial charge in [0.05, 0.1) is 12.5 Å². The highest BCUT2D eigenvalue weighted by molar-refractivity contribution is 5.94. The number of rotatable bonds is 9. The van der Waals surface area contributed by atoms with Crippen molar-refractivity contribution in [1.82, 2.24) is 15.5 Å². The number of nitrogens with zero attached hydrogens (tertiary/aromatic N) is 1. The number of carboxylic acids is 2. The molecule has 158 valence electrons. The van der Waals surface area contributed by atoms with Crippen molar-refractivity contribution in [3.8, 4) is 0 Å². The number of amides is 3. The number of carboxylic acid groups (broad SMARTS) is 2. The maximum absolute atomic E-state index is 12.7. The molecule has 4 unspecified atom stereocenters. The largest absolute Gasteiger partial charge is 0.481 e. The first-order chi connectivity index (χ1) is 13.0. The van der Waals surface area contributed by atoms with Crippen molar-refractivity contribution in [3.05, 3.63) is 0 Å². The molecule has 4 atom stereocenters. The third-order valence-electron chi connectivity index (χ3n) is 4.58. The van der Waals surface area contributed by atoms with Crippen molar-refractivity contribution in [2.45, 2.75) is 64.2 Å². The van der Waals surface area contributed by atoms with Gasteiger partial charge >= 0.3 is 11.9 Å². The van der Waals surface area contributed by atoms with E-state index in [1.807, 2.05) is 0 Å². The summed E-state index contributed by atoms with van der Waals surface area (Å²) in [5.74, 6) is -4.68. The van der Waals surface area contributed by atoms with Crippen molar-refractivity contribution in [1.29, 1.82) is 0 Å². The average molecular weight is 400 g/mol. The van der Waals surface area contributed by atoms with Gasteiger partial charge < -0.3 is 31.5 Å². The number of likely N-dealkylation sites (tertiary alicyclic amines) is 1. The minimum atomic E-state index is -1.59. The fourth-order valence-electron chi connectivity index (χ4n) is 2.87. The first kappa shape index (κ1) is 23.3. The lowest BCUT2D eigenvalue weighted by molar-refractivity contribution is -0.148. The molecule has 1 fully saturated rings. The fourth-order valence-corrected chi connectivity index (χ4v) is 2.87. The van der Waals surface area contributed by atoms with Gasteiger partial charge in [0, 0.05) is 6.54 Å². The van der Waals surface area contributed by atoms with Crippen molar-refractivity contribution in [2.75, 3.05) is 6.54 Å². The monoisotopic (exact) mass is 400 g/mol. The highest BCUT2D eigenvalue weighted by Gasteiger charge is 2.38. The smallest absolute Gasteiger partial charge is 0.326 e. The minimum Gasteiger partial charge on any atom is -0.481 e. The minimum absolute atomic E-state index is 0.116. The summed E-state index contributed by atoms with van der Waals surface area (Å²) in [6, 6.07) is -4.22. The lowest BCUT2D eigenvalue weighted by Gasteiger charge is -2.28. The van der Waals surface area contributed by atoms with Crippen LogP contribution < -0.4 is 16.4 Å². The van der Waals surface area contributed by atoms with Crippen molar-refractivity contribution in [2.24, 2.45) is 11.7 Å². The molecule has 28 heavy (non-hydrogen) atoms. The predicted octanol–water partition coefficient (Wildman–Crippen LogP) is -1.49. The van der Waals surface area contributed by atoms with Gasteiger partial charge in [-0.15, -0.1) is 0 Å². The fraction of sp³-hybridized carbons (Fsp3) is 0.706. The van der Waals surface area contributed by atoms with Crippen molar-refractivity contribution < 1.29 is 34.2 Å². The van der Waals surface area contributed by atoms with Gasteiger partial charge in [-0.3, -0.25) is 19.2 Å². The van der Waals surface area contributed by atoms with Crippen molar-refractivity contribution >= 4 is 29.7 Å². The third kappa shape index (κ3) is 6.19. The van der Waals surface area contributed by atoms with E-state index in [1.54, 1.807) is 13.8 Å². The maximum Gasteiger partial charge on any atom is 0.326 e. The van der Waals surface area contributed by atoms with Crippen LogP contribution in [0.3, 0.4) is 0 Å². The van der Waals surface area contributed by atoms with Crippen LogP contribution in [0.15, 0.2) is 0 Å². The van der Waals surface area contributed by atoms with Crippen LogP contribution in [0.1, 0.15) is 40.0 Å². The summed E-state index contributed by atoms with van der Waals surface area (Å²) in [5, 5.41) is 22.5. The van der Waals surface area contributed by atoms with Gasteiger partial charge in [0.2, 0.25) is 17.7 Å². The molecule has 0 bridgehead atoms. The van der Waals surface area contributed by atoms with Crippen LogP contribution in [0.25, 0.3) is 0 Å². The molecular weight excluding hydrogens is 372 g/mol. The van der Waals surface area contributed by atoms with Gasteiger partial charge in [-0.25, -0.2) is 4.79 Å². The summed E-state index contributed by atoms with van der Waals surface area (Å²) in [4.78, 5) is 60.3. The van der Waals surface area contributed by atoms with E-state index in [0.29, 0.717) is 12.8 Å². The summed E-state index contributed by atoms with van der Waals surface area (Å²) in [6.45, 7) is 5.29. The van der Waals surface area contributed by atoms with Crippen LogP contribution in [-0.2, 0) is 24.0 Å². The second-order valence-electron chi connectivity index (χ2n) is 7.19. The second kappa shape index (κ2) is 10.0. The molecule has 0 spiro atoms. The number of nitrogens with two attached hydrogens (primary N) is 1. The summed E-state index contributed by atoms with van der Waals surface area (Å²) < 4.78 is 0. The van der Waals surface area contributed by atoms with E-state index in [9.17, 15) is 24.0 Å². The molecule has 1 aliphatic heterocycles. The number of aliphatic carboxylic acids is 2. The first-order valence-electron chi connectivity index (χ1n) is 9.07. The van der Waals surface area contributed by atoms with Crippen molar-refractivity contribution in [3.63, 3.8) is 0 Å². The molecule has 1 aliphatic rings. The lowest BCUT2D eigenvalue weighted by Crippen LogP contribution is -2.56. The van der Waals surface area contributed by atoms with E-state index in [4.69, 9.17) is 15.9 Å². The standard InChI is InChI=1S/C17H28N4O7/c1-8(2)13(18)15(25)19-9(3)16(26)21-6-4-5-11(21)14(24)20-10(17(27)28)7-12(22)23/h8-11,13H,4-7,18H2,1-3H3,(H,19,25)(H,20,24)(H,22,23)(H,27,28). The normalized spacial score (nSPS) is 19.6. The number of nitrogens with one attached hydrogen (secondary N) is 2. The molecular formula is C17H28N4O7. The Morgan fingerprint density at radius 2 is 1.71 bits per heavy atom. The second-order valence-corrected chi connectivity index (χ2v) is 7.19. The lowest BCUT2D eigenvalue weighted by atomic mass is 10.0. The van der Waals surface area contributed by atoms with Crippen LogP contribution in [0.5, 0.6) is 0 Å². The Bertz CT molecular complexity index is 637. The highest BCUT2D eigenvalue weighted by atomic mass is 16.4. The molecule has 0 aromatic rings. The molecule has 0 aromatic carbocycles. The Morgan fingerprint density at radius 3 is 2.21 bits per heavy atom. The molecule has 0 aliphatic carbocycles.